The molecule has 0 fully saturated rings. The molecule has 158 valence electrons. The summed E-state index contributed by atoms with van der Waals surface area (Å²) in [6, 6.07) is 12.1. The van der Waals surface area contributed by atoms with Crippen molar-refractivity contribution in [1.82, 2.24) is 10.6 Å². The van der Waals surface area contributed by atoms with Crippen molar-refractivity contribution in [2.24, 2.45) is 4.99 Å². The monoisotopic (exact) mass is 421 g/mol. The molecule has 0 aliphatic carbocycles. The van der Waals surface area contributed by atoms with Gasteiger partial charge in [0.2, 0.25) is 0 Å². The maximum atomic E-state index is 13.7. The molecule has 0 aliphatic rings. The average Bonchev–Trinajstić information content (AvgIpc) is 2.68. The van der Waals surface area contributed by atoms with E-state index in [-0.39, 0.29) is 12.3 Å². The Morgan fingerprint density at radius 1 is 1.03 bits per heavy atom. The van der Waals surface area contributed by atoms with Crippen LogP contribution in [0.3, 0.4) is 0 Å². The highest BCUT2D eigenvalue weighted by molar-refractivity contribution is 7.89. The lowest BCUT2D eigenvalue weighted by Crippen LogP contribution is -2.36. The number of guanidine groups is 1. The summed E-state index contributed by atoms with van der Waals surface area (Å²) in [5.74, 6) is -0.0150. The lowest BCUT2D eigenvalue weighted by molar-refractivity contribution is 0.133. The molecule has 0 bridgehead atoms. The molecule has 8 heteroatoms. The van der Waals surface area contributed by atoms with E-state index in [1.807, 2.05) is 31.2 Å². The number of nitrogens with one attached hydrogen (secondary N) is 2. The van der Waals surface area contributed by atoms with Crippen LogP contribution >= 0.6 is 0 Å². The van der Waals surface area contributed by atoms with Crippen LogP contribution in [0, 0.1) is 5.82 Å². The molecule has 29 heavy (non-hydrogen) atoms. The number of nitrogens with zero attached hydrogens (tertiary/aromatic N) is 1. The van der Waals surface area contributed by atoms with E-state index in [0.717, 1.165) is 17.4 Å². The lowest BCUT2D eigenvalue weighted by Gasteiger charge is -2.16. The maximum absolute atomic E-state index is 13.7. The van der Waals surface area contributed by atoms with Gasteiger partial charge in [-0.2, -0.15) is 0 Å². The van der Waals surface area contributed by atoms with Crippen LogP contribution in [0.5, 0.6) is 0 Å². The molecule has 0 unspecified atom stereocenters. The number of hydrogen-bond donors (Lipinski definition) is 2. The normalized spacial score (nSPS) is 12.1. The first-order valence-electron chi connectivity index (χ1n) is 9.36. The van der Waals surface area contributed by atoms with Gasteiger partial charge >= 0.3 is 0 Å². The van der Waals surface area contributed by atoms with Gasteiger partial charge in [0.25, 0.3) is 0 Å². The standard InChI is InChI=1S/C21H28FN3O3S/c1-4-28-14-17-8-6-5-7-16(17)12-24-21(23-2)25-13-19-11-20(22)10-9-18(19)15-29(3,26)27/h5-11H,4,12-15H2,1-3H3,(H2,23,24,25). The molecule has 2 N–H and O–H groups in total. The molecule has 0 heterocycles. The van der Waals surface area contributed by atoms with Crippen molar-refractivity contribution in [2.75, 3.05) is 19.9 Å². The topological polar surface area (TPSA) is 79.8 Å². The molecule has 0 aliphatic heterocycles. The first-order valence-corrected chi connectivity index (χ1v) is 11.4. The number of benzene rings is 2. The zero-order valence-corrected chi connectivity index (χ0v) is 17.9. The second-order valence-corrected chi connectivity index (χ2v) is 8.81. The van der Waals surface area contributed by atoms with E-state index >= 15 is 0 Å². The van der Waals surface area contributed by atoms with Gasteiger partial charge in [-0.3, -0.25) is 4.99 Å². The van der Waals surface area contributed by atoms with Crippen LogP contribution in [-0.4, -0.2) is 34.3 Å². The Morgan fingerprint density at radius 2 is 1.69 bits per heavy atom. The van der Waals surface area contributed by atoms with Gasteiger partial charge in [-0.15, -0.1) is 0 Å². The number of sulfone groups is 1. The predicted octanol–water partition coefficient (Wildman–Crippen LogP) is 2.77. The van der Waals surface area contributed by atoms with Gasteiger partial charge in [0.1, 0.15) is 5.82 Å². The summed E-state index contributed by atoms with van der Waals surface area (Å²) in [5, 5.41) is 6.34. The van der Waals surface area contributed by atoms with E-state index in [1.54, 1.807) is 7.05 Å². The van der Waals surface area contributed by atoms with Gasteiger partial charge in [-0.05, 0) is 41.3 Å². The third-order valence-corrected chi connectivity index (χ3v) is 5.12. The predicted molar refractivity (Wildman–Crippen MR) is 114 cm³/mol. The van der Waals surface area contributed by atoms with Crippen molar-refractivity contribution in [1.29, 1.82) is 0 Å². The van der Waals surface area contributed by atoms with Crippen LogP contribution in [0.15, 0.2) is 47.5 Å². The Hall–Kier alpha value is -2.45. The zero-order valence-electron chi connectivity index (χ0n) is 17.0. The van der Waals surface area contributed by atoms with Gasteiger partial charge in [0.05, 0.1) is 12.4 Å². The van der Waals surface area contributed by atoms with Crippen LogP contribution in [0.4, 0.5) is 4.39 Å². The molecule has 2 aromatic carbocycles. The molecule has 0 spiro atoms. The summed E-state index contributed by atoms with van der Waals surface area (Å²) in [6.07, 6.45) is 1.16. The minimum Gasteiger partial charge on any atom is -0.377 e. The van der Waals surface area contributed by atoms with Crippen LogP contribution in [0.25, 0.3) is 0 Å². The van der Waals surface area contributed by atoms with E-state index in [2.05, 4.69) is 15.6 Å². The minimum atomic E-state index is -3.22. The van der Waals surface area contributed by atoms with Gasteiger partial charge in [0.15, 0.2) is 15.8 Å². The Morgan fingerprint density at radius 3 is 2.31 bits per heavy atom. The van der Waals surface area contributed by atoms with Crippen LogP contribution < -0.4 is 10.6 Å². The fourth-order valence-electron chi connectivity index (χ4n) is 2.84. The number of halogens is 1. The molecule has 2 aromatic rings. The van der Waals surface area contributed by atoms with Crippen molar-refractivity contribution in [3.8, 4) is 0 Å². The number of ether oxygens (including phenoxy) is 1. The third kappa shape index (κ3) is 7.83. The van der Waals surface area contributed by atoms with E-state index in [9.17, 15) is 12.8 Å². The summed E-state index contributed by atoms with van der Waals surface area (Å²) >= 11 is 0. The Bertz CT molecular complexity index is 946. The van der Waals surface area contributed by atoms with Crippen molar-refractivity contribution in [3.63, 3.8) is 0 Å². The third-order valence-electron chi connectivity index (χ3n) is 4.28. The Kier molecular flexibility index (Phi) is 8.60. The molecule has 0 amide bonds. The van der Waals surface area contributed by atoms with Crippen molar-refractivity contribution in [3.05, 3.63) is 70.5 Å². The molecular formula is C21H28FN3O3S. The molecular weight excluding hydrogens is 393 g/mol. The van der Waals surface area contributed by atoms with Gasteiger partial charge < -0.3 is 15.4 Å². The molecule has 0 radical (unpaired) electrons. The van der Waals surface area contributed by atoms with E-state index in [1.165, 1.54) is 18.2 Å². The Balaban J connectivity index is 2.03. The van der Waals surface area contributed by atoms with Gasteiger partial charge in [0, 0.05) is 33.0 Å². The summed E-state index contributed by atoms with van der Waals surface area (Å²) in [7, 11) is -1.58. The first kappa shape index (κ1) is 22.8. The molecule has 6 nitrogen and oxygen atoms in total. The van der Waals surface area contributed by atoms with Crippen LogP contribution in [0.1, 0.15) is 29.2 Å². The molecule has 2 rings (SSSR count). The quantitative estimate of drug-likeness (QED) is 0.481. The second-order valence-electron chi connectivity index (χ2n) is 6.67. The van der Waals surface area contributed by atoms with Crippen LogP contribution in [-0.2, 0) is 40.0 Å². The summed E-state index contributed by atoms with van der Waals surface area (Å²) in [5.41, 5.74) is 3.33. The average molecular weight is 422 g/mol. The van der Waals surface area contributed by atoms with Crippen LogP contribution in [0.2, 0.25) is 0 Å². The minimum absolute atomic E-state index is 0.138. The fourth-order valence-corrected chi connectivity index (χ4v) is 3.69. The van der Waals surface area contributed by atoms with E-state index in [0.29, 0.717) is 36.8 Å². The largest absolute Gasteiger partial charge is 0.377 e. The number of hydrogen-bond acceptors (Lipinski definition) is 4. The van der Waals surface area contributed by atoms with E-state index in [4.69, 9.17) is 4.74 Å². The molecule has 0 atom stereocenters. The van der Waals surface area contributed by atoms with Gasteiger partial charge in [-0.25, -0.2) is 12.8 Å². The summed E-state index contributed by atoms with van der Waals surface area (Å²) in [6.45, 7) is 3.94. The Labute approximate surface area is 172 Å². The van der Waals surface area contributed by atoms with Crippen molar-refractivity contribution >= 4 is 15.8 Å². The first-order chi connectivity index (χ1) is 13.8. The summed E-state index contributed by atoms with van der Waals surface area (Å²) in [4.78, 5) is 4.19. The van der Waals surface area contributed by atoms with Crippen molar-refractivity contribution in [2.45, 2.75) is 32.4 Å². The highest BCUT2D eigenvalue weighted by Gasteiger charge is 2.11. The zero-order chi connectivity index (χ0) is 21.3. The highest BCUT2D eigenvalue weighted by Crippen LogP contribution is 2.14. The highest BCUT2D eigenvalue weighted by atomic mass is 32.2. The fraction of sp³-hybridized carbons (Fsp3) is 0.381. The van der Waals surface area contributed by atoms with E-state index < -0.39 is 15.7 Å². The SMILES string of the molecule is CCOCc1ccccc1CNC(=NC)NCc1cc(F)ccc1CS(C)(=O)=O. The summed E-state index contributed by atoms with van der Waals surface area (Å²) < 4.78 is 42.4. The molecule has 0 saturated carbocycles. The van der Waals surface area contributed by atoms with Gasteiger partial charge in [-0.1, -0.05) is 30.3 Å². The second kappa shape index (κ2) is 10.9. The number of rotatable bonds is 9. The number of aliphatic imine (C=N–C) groups is 1. The lowest BCUT2D eigenvalue weighted by atomic mass is 10.1. The smallest absolute Gasteiger partial charge is 0.191 e. The molecule has 0 aromatic heterocycles. The molecule has 0 saturated heterocycles. The maximum Gasteiger partial charge on any atom is 0.191 e. The van der Waals surface area contributed by atoms with Crippen molar-refractivity contribution < 1.29 is 17.5 Å².